The van der Waals surface area contributed by atoms with E-state index in [2.05, 4.69) is 9.97 Å². The molecule has 3 rings (SSSR count). The van der Waals surface area contributed by atoms with Crippen LogP contribution in [-0.2, 0) is 11.2 Å². The minimum absolute atomic E-state index is 0.0546. The van der Waals surface area contributed by atoms with Crippen LogP contribution in [0.15, 0.2) is 79.3 Å². The highest BCUT2D eigenvalue weighted by atomic mass is 16.2. The molecule has 25 heavy (non-hydrogen) atoms. The molecule has 0 N–H and O–H groups in total. The van der Waals surface area contributed by atoms with Gasteiger partial charge in [-0.1, -0.05) is 36.4 Å². The van der Waals surface area contributed by atoms with Crippen LogP contribution in [0.1, 0.15) is 22.7 Å². The predicted molar refractivity (Wildman–Crippen MR) is 98.1 cm³/mol. The van der Waals surface area contributed by atoms with Crippen LogP contribution in [-0.4, -0.2) is 34.4 Å². The Balaban J connectivity index is 1.79. The number of pyridine rings is 2. The Labute approximate surface area is 148 Å². The topological polar surface area (TPSA) is 46.1 Å². The van der Waals surface area contributed by atoms with Crippen molar-refractivity contribution in [1.82, 2.24) is 14.9 Å². The van der Waals surface area contributed by atoms with E-state index in [1.165, 1.54) is 5.56 Å². The molecule has 2 aromatic heterocycles. The van der Waals surface area contributed by atoms with E-state index in [9.17, 15) is 4.79 Å². The van der Waals surface area contributed by atoms with E-state index in [0.29, 0.717) is 6.54 Å². The van der Waals surface area contributed by atoms with Crippen molar-refractivity contribution in [2.75, 3.05) is 13.6 Å². The highest BCUT2D eigenvalue weighted by Crippen LogP contribution is 2.25. The molecule has 0 fully saturated rings. The van der Waals surface area contributed by atoms with E-state index in [1.54, 1.807) is 23.5 Å². The smallest absolute Gasteiger partial charge is 0.235 e. The second kappa shape index (κ2) is 8.20. The summed E-state index contributed by atoms with van der Waals surface area (Å²) in [5, 5.41) is 0. The normalized spacial score (nSPS) is 11.7. The number of benzene rings is 1. The molecule has 2 heterocycles. The monoisotopic (exact) mass is 331 g/mol. The van der Waals surface area contributed by atoms with Crippen LogP contribution in [0.4, 0.5) is 0 Å². The average Bonchev–Trinajstić information content (AvgIpc) is 2.69. The number of nitrogens with zero attached hydrogens (tertiary/aromatic N) is 3. The summed E-state index contributed by atoms with van der Waals surface area (Å²) in [6.07, 6.45) is 6.08. The number of likely N-dealkylation sites (N-methyl/N-ethyl adjacent to an activating group) is 1. The number of carbonyl (C=O) groups is 1. The number of hydrogen-bond acceptors (Lipinski definition) is 3. The average molecular weight is 331 g/mol. The van der Waals surface area contributed by atoms with Crippen LogP contribution in [0.2, 0.25) is 0 Å². The van der Waals surface area contributed by atoms with Crippen LogP contribution in [0.5, 0.6) is 0 Å². The van der Waals surface area contributed by atoms with Gasteiger partial charge in [-0.15, -0.1) is 0 Å². The Morgan fingerprint density at radius 2 is 1.68 bits per heavy atom. The van der Waals surface area contributed by atoms with Crippen LogP contribution >= 0.6 is 0 Å². The first-order valence-electron chi connectivity index (χ1n) is 8.35. The van der Waals surface area contributed by atoms with Gasteiger partial charge < -0.3 is 4.90 Å². The largest absolute Gasteiger partial charge is 0.345 e. The molecule has 0 bridgehead atoms. The summed E-state index contributed by atoms with van der Waals surface area (Å²) < 4.78 is 0. The Morgan fingerprint density at radius 3 is 2.36 bits per heavy atom. The van der Waals surface area contributed by atoms with Gasteiger partial charge in [0, 0.05) is 32.2 Å². The van der Waals surface area contributed by atoms with Crippen molar-refractivity contribution in [2.24, 2.45) is 0 Å². The highest BCUT2D eigenvalue weighted by molar-refractivity contribution is 5.86. The van der Waals surface area contributed by atoms with Crippen molar-refractivity contribution in [3.05, 3.63) is 96.1 Å². The fraction of sp³-hybridized carbons (Fsp3) is 0.190. The zero-order chi connectivity index (χ0) is 17.5. The third-order valence-corrected chi connectivity index (χ3v) is 4.22. The van der Waals surface area contributed by atoms with Crippen molar-refractivity contribution >= 4 is 5.91 Å². The molecule has 0 spiro atoms. The molecular formula is C21H21N3O. The maximum Gasteiger partial charge on any atom is 0.235 e. The fourth-order valence-corrected chi connectivity index (χ4v) is 2.81. The molecule has 0 saturated carbocycles. The van der Waals surface area contributed by atoms with Crippen molar-refractivity contribution in [3.63, 3.8) is 0 Å². The van der Waals surface area contributed by atoms with E-state index in [0.717, 1.165) is 17.7 Å². The van der Waals surface area contributed by atoms with E-state index >= 15 is 0 Å². The molecule has 1 amide bonds. The van der Waals surface area contributed by atoms with E-state index in [4.69, 9.17) is 0 Å². The van der Waals surface area contributed by atoms with Gasteiger partial charge >= 0.3 is 0 Å². The van der Waals surface area contributed by atoms with Gasteiger partial charge in [0.2, 0.25) is 5.91 Å². The molecule has 1 aromatic carbocycles. The Bertz CT molecular complexity index is 752. The molecule has 1 unspecified atom stereocenters. The minimum Gasteiger partial charge on any atom is -0.345 e. The summed E-state index contributed by atoms with van der Waals surface area (Å²) in [6, 6.07) is 19.5. The fourth-order valence-electron chi connectivity index (χ4n) is 2.81. The van der Waals surface area contributed by atoms with Crippen molar-refractivity contribution in [1.29, 1.82) is 0 Å². The second-order valence-electron chi connectivity index (χ2n) is 5.96. The van der Waals surface area contributed by atoms with E-state index in [1.807, 2.05) is 67.7 Å². The maximum absolute atomic E-state index is 13.1. The Morgan fingerprint density at radius 1 is 0.960 bits per heavy atom. The molecule has 0 saturated heterocycles. The first-order chi connectivity index (χ1) is 12.3. The van der Waals surface area contributed by atoms with Crippen LogP contribution in [0, 0.1) is 0 Å². The second-order valence-corrected chi connectivity index (χ2v) is 5.96. The van der Waals surface area contributed by atoms with Gasteiger partial charge in [-0.3, -0.25) is 14.8 Å². The summed E-state index contributed by atoms with van der Waals surface area (Å²) in [7, 11) is 1.85. The van der Waals surface area contributed by atoms with Gasteiger partial charge in [-0.05, 0) is 41.8 Å². The van der Waals surface area contributed by atoms with Gasteiger partial charge in [0.15, 0.2) is 0 Å². The summed E-state index contributed by atoms with van der Waals surface area (Å²) in [5.41, 5.74) is 2.90. The predicted octanol–water partition coefficient (Wildman–Crippen LogP) is 3.31. The third kappa shape index (κ3) is 4.29. The van der Waals surface area contributed by atoms with Gasteiger partial charge in [0.1, 0.15) is 5.92 Å². The third-order valence-electron chi connectivity index (χ3n) is 4.22. The summed E-state index contributed by atoms with van der Waals surface area (Å²) in [4.78, 5) is 23.4. The minimum atomic E-state index is -0.384. The lowest BCUT2D eigenvalue weighted by atomic mass is 9.93. The van der Waals surface area contributed by atoms with Crippen molar-refractivity contribution in [2.45, 2.75) is 12.3 Å². The van der Waals surface area contributed by atoms with Crippen LogP contribution in [0.25, 0.3) is 0 Å². The first-order valence-corrected chi connectivity index (χ1v) is 8.35. The molecule has 4 nitrogen and oxygen atoms in total. The molecule has 0 aliphatic carbocycles. The first kappa shape index (κ1) is 16.8. The SMILES string of the molecule is CN(CCc1ccncc1)C(=O)C(c1ccccc1)c1ccccn1. The highest BCUT2D eigenvalue weighted by Gasteiger charge is 2.26. The van der Waals surface area contributed by atoms with E-state index < -0.39 is 0 Å². The lowest BCUT2D eigenvalue weighted by Crippen LogP contribution is -2.34. The molecule has 0 radical (unpaired) electrons. The standard InChI is InChI=1S/C21H21N3O/c1-24(16-12-17-10-14-22-15-11-17)21(25)20(18-7-3-2-4-8-18)19-9-5-6-13-23-19/h2-11,13-15,20H,12,16H2,1H3. The molecule has 126 valence electrons. The van der Waals surface area contributed by atoms with Gasteiger partial charge in [0.25, 0.3) is 0 Å². The van der Waals surface area contributed by atoms with Crippen LogP contribution in [0.3, 0.4) is 0 Å². The molecule has 1 atom stereocenters. The molecule has 4 heteroatoms. The molecule has 0 aliphatic heterocycles. The number of amides is 1. The van der Waals surface area contributed by atoms with Gasteiger partial charge in [-0.2, -0.15) is 0 Å². The van der Waals surface area contributed by atoms with Crippen molar-refractivity contribution < 1.29 is 4.79 Å². The maximum atomic E-state index is 13.1. The Hall–Kier alpha value is -3.01. The Kier molecular flexibility index (Phi) is 5.52. The summed E-state index contributed by atoms with van der Waals surface area (Å²) in [6.45, 7) is 0.652. The van der Waals surface area contributed by atoms with Crippen molar-refractivity contribution in [3.8, 4) is 0 Å². The summed E-state index contributed by atoms with van der Waals surface area (Å²) in [5.74, 6) is -0.330. The quantitative estimate of drug-likeness (QED) is 0.696. The number of carbonyl (C=O) groups excluding carboxylic acids is 1. The molecule has 3 aromatic rings. The zero-order valence-electron chi connectivity index (χ0n) is 14.2. The van der Waals surface area contributed by atoms with E-state index in [-0.39, 0.29) is 11.8 Å². The lowest BCUT2D eigenvalue weighted by molar-refractivity contribution is -0.130. The summed E-state index contributed by atoms with van der Waals surface area (Å²) >= 11 is 0. The van der Waals surface area contributed by atoms with Crippen LogP contribution < -0.4 is 0 Å². The van der Waals surface area contributed by atoms with Gasteiger partial charge in [0.05, 0.1) is 5.69 Å². The molecular weight excluding hydrogens is 310 g/mol. The van der Waals surface area contributed by atoms with Gasteiger partial charge in [-0.25, -0.2) is 0 Å². The zero-order valence-corrected chi connectivity index (χ0v) is 14.2. The number of hydrogen-bond donors (Lipinski definition) is 0. The number of rotatable bonds is 6. The molecule has 0 aliphatic rings. The lowest BCUT2D eigenvalue weighted by Gasteiger charge is -2.24. The number of aromatic nitrogens is 2.